The van der Waals surface area contributed by atoms with Gasteiger partial charge in [-0.3, -0.25) is 14.4 Å². The van der Waals surface area contributed by atoms with Gasteiger partial charge >= 0.3 is 0 Å². The van der Waals surface area contributed by atoms with E-state index in [1.54, 1.807) is 36.4 Å². The molecular formula is C26H26FN3O3. The molecule has 6 nitrogen and oxygen atoms in total. The molecule has 0 aromatic heterocycles. The third kappa shape index (κ3) is 6.74. The highest BCUT2D eigenvalue weighted by atomic mass is 19.1. The van der Waals surface area contributed by atoms with Crippen LogP contribution in [0.3, 0.4) is 0 Å². The molecule has 3 aromatic carbocycles. The third-order valence-electron chi connectivity index (χ3n) is 5.03. The van der Waals surface area contributed by atoms with Crippen LogP contribution in [0, 0.1) is 11.7 Å². The lowest BCUT2D eigenvalue weighted by atomic mass is 10.0. The van der Waals surface area contributed by atoms with Gasteiger partial charge in [-0.05, 0) is 60.0 Å². The van der Waals surface area contributed by atoms with Crippen LogP contribution in [-0.2, 0) is 11.3 Å². The van der Waals surface area contributed by atoms with E-state index in [0.29, 0.717) is 11.3 Å². The Kier molecular flexibility index (Phi) is 7.91. The fraction of sp³-hybridized carbons (Fsp3) is 0.192. The molecule has 0 aliphatic rings. The molecular weight excluding hydrogens is 421 g/mol. The lowest BCUT2D eigenvalue weighted by molar-refractivity contribution is -0.124. The molecule has 0 spiro atoms. The number of hydrogen-bond acceptors (Lipinski definition) is 3. The second-order valence-electron chi connectivity index (χ2n) is 7.94. The van der Waals surface area contributed by atoms with E-state index in [9.17, 15) is 18.8 Å². The largest absolute Gasteiger partial charge is 0.350 e. The first-order valence-electron chi connectivity index (χ1n) is 10.6. The molecule has 33 heavy (non-hydrogen) atoms. The van der Waals surface area contributed by atoms with Crippen molar-refractivity contribution in [2.75, 3.05) is 5.32 Å². The number of benzene rings is 3. The molecule has 3 rings (SSSR count). The molecule has 1 atom stereocenters. The molecule has 3 N–H and O–H groups in total. The number of anilines is 1. The molecule has 3 aromatic rings. The maximum absolute atomic E-state index is 13.1. The highest BCUT2D eigenvalue weighted by molar-refractivity contribution is 6.04. The molecule has 0 aliphatic carbocycles. The molecule has 3 amide bonds. The van der Waals surface area contributed by atoms with Crippen molar-refractivity contribution < 1.29 is 18.8 Å². The number of hydrogen-bond donors (Lipinski definition) is 3. The van der Waals surface area contributed by atoms with E-state index in [1.165, 1.54) is 24.3 Å². The lowest BCUT2D eigenvalue weighted by Crippen LogP contribution is -2.49. The lowest BCUT2D eigenvalue weighted by Gasteiger charge is -2.22. The van der Waals surface area contributed by atoms with E-state index < -0.39 is 17.8 Å². The van der Waals surface area contributed by atoms with Crippen molar-refractivity contribution in [1.82, 2.24) is 10.6 Å². The summed E-state index contributed by atoms with van der Waals surface area (Å²) < 4.78 is 13.1. The Morgan fingerprint density at radius 2 is 1.52 bits per heavy atom. The first kappa shape index (κ1) is 23.7. The Hall–Kier alpha value is -4.00. The van der Waals surface area contributed by atoms with Crippen LogP contribution in [0.5, 0.6) is 0 Å². The van der Waals surface area contributed by atoms with Gasteiger partial charge in [0.1, 0.15) is 11.9 Å². The SMILES string of the molecule is CC(C)C(NC(=O)c1ccc(F)cc1)C(=O)NCc1cccc(C(=O)Nc2ccccc2)c1. The van der Waals surface area contributed by atoms with E-state index in [-0.39, 0.29) is 29.8 Å². The van der Waals surface area contributed by atoms with Gasteiger partial charge in [-0.25, -0.2) is 4.39 Å². The predicted molar refractivity (Wildman–Crippen MR) is 125 cm³/mol. The summed E-state index contributed by atoms with van der Waals surface area (Å²) in [5.41, 5.74) is 2.18. The van der Waals surface area contributed by atoms with Crippen LogP contribution in [0.2, 0.25) is 0 Å². The van der Waals surface area contributed by atoms with E-state index in [0.717, 1.165) is 5.56 Å². The van der Waals surface area contributed by atoms with Crippen LogP contribution in [0.4, 0.5) is 10.1 Å². The quantitative estimate of drug-likeness (QED) is 0.485. The molecule has 170 valence electrons. The smallest absolute Gasteiger partial charge is 0.255 e. The van der Waals surface area contributed by atoms with Crippen LogP contribution in [-0.4, -0.2) is 23.8 Å². The number of carbonyl (C=O) groups excluding carboxylic acids is 3. The van der Waals surface area contributed by atoms with Gasteiger partial charge in [-0.1, -0.05) is 44.2 Å². The van der Waals surface area contributed by atoms with Crippen LogP contribution < -0.4 is 16.0 Å². The van der Waals surface area contributed by atoms with E-state index in [1.807, 2.05) is 32.0 Å². The zero-order valence-corrected chi connectivity index (χ0v) is 18.5. The number of nitrogens with one attached hydrogen (secondary N) is 3. The summed E-state index contributed by atoms with van der Waals surface area (Å²) in [7, 11) is 0. The van der Waals surface area contributed by atoms with Crippen molar-refractivity contribution in [1.29, 1.82) is 0 Å². The number of rotatable bonds is 8. The van der Waals surface area contributed by atoms with Crippen LogP contribution >= 0.6 is 0 Å². The second-order valence-corrected chi connectivity index (χ2v) is 7.94. The van der Waals surface area contributed by atoms with E-state index >= 15 is 0 Å². The Morgan fingerprint density at radius 3 is 2.18 bits per heavy atom. The number of amides is 3. The average Bonchev–Trinajstić information content (AvgIpc) is 2.82. The summed E-state index contributed by atoms with van der Waals surface area (Å²) in [6, 6.07) is 20.4. The van der Waals surface area contributed by atoms with Crippen molar-refractivity contribution in [2.24, 2.45) is 5.92 Å². The van der Waals surface area contributed by atoms with Crippen molar-refractivity contribution in [3.8, 4) is 0 Å². The van der Waals surface area contributed by atoms with Gasteiger partial charge in [0.05, 0.1) is 0 Å². The molecule has 0 saturated carbocycles. The molecule has 0 fully saturated rings. The Bertz CT molecular complexity index is 1120. The molecule has 0 bridgehead atoms. The second kappa shape index (κ2) is 11.0. The fourth-order valence-corrected chi connectivity index (χ4v) is 3.21. The first-order valence-corrected chi connectivity index (χ1v) is 10.6. The predicted octanol–water partition coefficient (Wildman–Crippen LogP) is 4.15. The fourth-order valence-electron chi connectivity index (χ4n) is 3.21. The number of carbonyl (C=O) groups is 3. The summed E-state index contributed by atoms with van der Waals surface area (Å²) in [4.78, 5) is 37.7. The minimum absolute atomic E-state index is 0.169. The zero-order valence-electron chi connectivity index (χ0n) is 18.5. The maximum atomic E-state index is 13.1. The minimum Gasteiger partial charge on any atom is -0.350 e. The van der Waals surface area contributed by atoms with Crippen molar-refractivity contribution in [2.45, 2.75) is 26.4 Å². The summed E-state index contributed by atoms with van der Waals surface area (Å²) in [5.74, 6) is -1.66. The summed E-state index contributed by atoms with van der Waals surface area (Å²) in [6.45, 7) is 3.84. The minimum atomic E-state index is -0.771. The molecule has 0 radical (unpaired) electrons. The highest BCUT2D eigenvalue weighted by Gasteiger charge is 2.24. The molecule has 0 saturated heterocycles. The van der Waals surface area contributed by atoms with Gasteiger partial charge < -0.3 is 16.0 Å². The van der Waals surface area contributed by atoms with Gasteiger partial charge in [0.15, 0.2) is 0 Å². The maximum Gasteiger partial charge on any atom is 0.255 e. The highest BCUT2D eigenvalue weighted by Crippen LogP contribution is 2.11. The Labute approximate surface area is 192 Å². The normalized spacial score (nSPS) is 11.5. The van der Waals surface area contributed by atoms with E-state index in [2.05, 4.69) is 16.0 Å². The summed E-state index contributed by atoms with van der Waals surface area (Å²) >= 11 is 0. The topological polar surface area (TPSA) is 87.3 Å². The summed E-state index contributed by atoms with van der Waals surface area (Å²) in [5, 5.41) is 8.35. The van der Waals surface area contributed by atoms with Gasteiger partial charge in [0.2, 0.25) is 5.91 Å². The van der Waals surface area contributed by atoms with Gasteiger partial charge in [-0.2, -0.15) is 0 Å². The van der Waals surface area contributed by atoms with Crippen molar-refractivity contribution >= 4 is 23.4 Å². The van der Waals surface area contributed by atoms with Gasteiger partial charge in [0, 0.05) is 23.4 Å². The standard InChI is InChI=1S/C26H26FN3O3/c1-17(2)23(30-24(31)19-11-13-21(27)14-12-19)26(33)28-16-18-7-6-8-20(15-18)25(32)29-22-9-4-3-5-10-22/h3-15,17,23H,16H2,1-2H3,(H,28,33)(H,29,32)(H,30,31). The van der Waals surface area contributed by atoms with Crippen LogP contribution in [0.25, 0.3) is 0 Å². The Morgan fingerprint density at radius 1 is 0.818 bits per heavy atom. The first-order chi connectivity index (χ1) is 15.8. The van der Waals surface area contributed by atoms with Gasteiger partial charge in [-0.15, -0.1) is 0 Å². The summed E-state index contributed by atoms with van der Waals surface area (Å²) in [6.07, 6.45) is 0. The van der Waals surface area contributed by atoms with Crippen LogP contribution in [0.15, 0.2) is 78.9 Å². The number of halogens is 1. The number of para-hydroxylation sites is 1. The molecule has 1 unspecified atom stereocenters. The zero-order chi connectivity index (χ0) is 23.8. The van der Waals surface area contributed by atoms with Crippen molar-refractivity contribution in [3.05, 3.63) is 101 Å². The third-order valence-corrected chi connectivity index (χ3v) is 5.03. The molecule has 0 aliphatic heterocycles. The van der Waals surface area contributed by atoms with Crippen LogP contribution in [0.1, 0.15) is 40.1 Å². The monoisotopic (exact) mass is 447 g/mol. The Balaban J connectivity index is 1.61. The molecule has 7 heteroatoms. The van der Waals surface area contributed by atoms with Gasteiger partial charge in [0.25, 0.3) is 11.8 Å². The average molecular weight is 448 g/mol. The van der Waals surface area contributed by atoms with Crippen molar-refractivity contribution in [3.63, 3.8) is 0 Å². The molecule has 0 heterocycles. The van der Waals surface area contributed by atoms with E-state index in [4.69, 9.17) is 0 Å².